The van der Waals surface area contributed by atoms with E-state index in [2.05, 4.69) is 65.3 Å². The minimum atomic E-state index is 0.380. The molecule has 1 aromatic rings. The second-order valence-electron chi connectivity index (χ2n) is 4.20. The molecular formula is C15H20BrN. The van der Waals surface area contributed by atoms with E-state index in [1.807, 2.05) is 0 Å². The normalized spacial score (nSPS) is 14.0. The maximum absolute atomic E-state index is 5.39. The Bertz CT molecular complexity index is 381. The first-order chi connectivity index (χ1) is 8.21. The van der Waals surface area contributed by atoms with Gasteiger partial charge in [0.15, 0.2) is 0 Å². The van der Waals surface area contributed by atoms with Crippen LogP contribution in [0, 0.1) is 12.3 Å². The third kappa shape index (κ3) is 4.53. The molecule has 0 saturated heterocycles. The van der Waals surface area contributed by atoms with Crippen LogP contribution in [0.4, 0.5) is 0 Å². The lowest BCUT2D eigenvalue weighted by molar-refractivity contribution is 0.420. The van der Waals surface area contributed by atoms with Crippen LogP contribution in [-0.2, 0) is 0 Å². The minimum absolute atomic E-state index is 0.380. The molecule has 1 aromatic carbocycles. The molecule has 1 nitrogen and oxygen atoms in total. The Morgan fingerprint density at radius 3 is 2.65 bits per heavy atom. The van der Waals surface area contributed by atoms with Crippen LogP contribution >= 0.6 is 15.9 Å². The molecule has 2 atom stereocenters. The summed E-state index contributed by atoms with van der Waals surface area (Å²) < 4.78 is 1.13. The van der Waals surface area contributed by atoms with Crippen LogP contribution in [0.2, 0.25) is 0 Å². The quantitative estimate of drug-likeness (QED) is 0.772. The summed E-state index contributed by atoms with van der Waals surface area (Å²) in [5.74, 6) is 2.74. The van der Waals surface area contributed by atoms with Gasteiger partial charge in [0.2, 0.25) is 0 Å². The van der Waals surface area contributed by atoms with Crippen LogP contribution in [-0.4, -0.2) is 6.04 Å². The first kappa shape index (κ1) is 14.3. The van der Waals surface area contributed by atoms with Gasteiger partial charge in [0.05, 0.1) is 0 Å². The van der Waals surface area contributed by atoms with Gasteiger partial charge in [-0.3, -0.25) is 0 Å². The smallest absolute Gasteiger partial charge is 0.0320 e. The summed E-state index contributed by atoms with van der Waals surface area (Å²) in [5, 5.41) is 3.63. The fraction of sp³-hybridized carbons (Fsp3) is 0.467. The molecule has 0 aliphatic carbocycles. The van der Waals surface area contributed by atoms with E-state index in [0.717, 1.165) is 23.7 Å². The van der Waals surface area contributed by atoms with Crippen LogP contribution in [0.5, 0.6) is 0 Å². The van der Waals surface area contributed by atoms with E-state index in [1.165, 1.54) is 5.56 Å². The van der Waals surface area contributed by atoms with Crippen LogP contribution < -0.4 is 5.32 Å². The summed E-state index contributed by atoms with van der Waals surface area (Å²) in [6, 6.07) is 9.24. The third-order valence-corrected chi connectivity index (χ3v) is 3.45. The Balaban J connectivity index is 2.74. The van der Waals surface area contributed by atoms with Gasteiger partial charge in [-0.15, -0.1) is 12.3 Å². The molecule has 0 bridgehead atoms. The molecule has 0 spiro atoms. The average Bonchev–Trinajstić information content (AvgIpc) is 2.34. The zero-order chi connectivity index (χ0) is 12.7. The van der Waals surface area contributed by atoms with Crippen LogP contribution in [0.3, 0.4) is 0 Å². The van der Waals surface area contributed by atoms with Gasteiger partial charge in [0, 0.05) is 23.0 Å². The van der Waals surface area contributed by atoms with E-state index < -0.39 is 0 Å². The largest absolute Gasteiger partial charge is 0.306 e. The molecule has 0 aliphatic heterocycles. The highest BCUT2D eigenvalue weighted by atomic mass is 79.9. The highest BCUT2D eigenvalue weighted by Gasteiger charge is 2.13. The standard InChI is InChI=1S/C15H20BrN/c1-4-8-14(5-2)17-15(6-3)12-9-7-10-13(16)11-12/h1,7,9-11,14-15,17H,5-6,8H2,2-3H3. The molecule has 0 saturated carbocycles. The number of terminal acetylenes is 1. The van der Waals surface area contributed by atoms with Crippen LogP contribution in [0.15, 0.2) is 28.7 Å². The Morgan fingerprint density at radius 2 is 2.12 bits per heavy atom. The Morgan fingerprint density at radius 1 is 1.35 bits per heavy atom. The van der Waals surface area contributed by atoms with E-state index in [4.69, 9.17) is 6.42 Å². The van der Waals surface area contributed by atoms with Crippen molar-refractivity contribution in [3.8, 4) is 12.3 Å². The summed E-state index contributed by atoms with van der Waals surface area (Å²) in [6.07, 6.45) is 8.31. The highest BCUT2D eigenvalue weighted by Crippen LogP contribution is 2.21. The third-order valence-electron chi connectivity index (χ3n) is 2.95. The molecule has 2 unspecified atom stereocenters. The van der Waals surface area contributed by atoms with E-state index in [-0.39, 0.29) is 0 Å². The first-order valence-corrected chi connectivity index (χ1v) is 6.95. The Kier molecular flexibility index (Phi) is 6.32. The van der Waals surface area contributed by atoms with Crippen molar-refractivity contribution in [2.75, 3.05) is 0 Å². The summed E-state index contributed by atoms with van der Waals surface area (Å²) in [6.45, 7) is 4.36. The predicted molar refractivity (Wildman–Crippen MR) is 77.8 cm³/mol. The maximum Gasteiger partial charge on any atom is 0.0320 e. The number of nitrogens with one attached hydrogen (secondary N) is 1. The lowest BCUT2D eigenvalue weighted by Crippen LogP contribution is -2.31. The van der Waals surface area contributed by atoms with Crippen molar-refractivity contribution >= 4 is 15.9 Å². The summed E-state index contributed by atoms with van der Waals surface area (Å²) >= 11 is 3.51. The van der Waals surface area contributed by atoms with E-state index in [9.17, 15) is 0 Å². The maximum atomic E-state index is 5.39. The topological polar surface area (TPSA) is 12.0 Å². The Hall–Kier alpha value is -0.780. The van der Waals surface area contributed by atoms with Crippen molar-refractivity contribution in [2.24, 2.45) is 0 Å². The van der Waals surface area contributed by atoms with Gasteiger partial charge in [0.25, 0.3) is 0 Å². The molecule has 2 heteroatoms. The fourth-order valence-electron chi connectivity index (χ4n) is 1.92. The van der Waals surface area contributed by atoms with Crippen molar-refractivity contribution < 1.29 is 0 Å². The second kappa shape index (κ2) is 7.53. The molecule has 1 N–H and O–H groups in total. The van der Waals surface area contributed by atoms with Crippen molar-refractivity contribution in [2.45, 2.75) is 45.2 Å². The number of hydrogen-bond acceptors (Lipinski definition) is 1. The van der Waals surface area contributed by atoms with Gasteiger partial charge in [-0.25, -0.2) is 0 Å². The lowest BCUT2D eigenvalue weighted by Gasteiger charge is -2.23. The summed E-state index contributed by atoms with van der Waals surface area (Å²) in [5.41, 5.74) is 1.32. The molecular weight excluding hydrogens is 274 g/mol. The van der Waals surface area contributed by atoms with Gasteiger partial charge >= 0.3 is 0 Å². The van der Waals surface area contributed by atoms with Crippen molar-refractivity contribution in [3.05, 3.63) is 34.3 Å². The number of benzene rings is 1. The van der Waals surface area contributed by atoms with E-state index in [1.54, 1.807) is 0 Å². The lowest BCUT2D eigenvalue weighted by atomic mass is 10.0. The van der Waals surface area contributed by atoms with Crippen molar-refractivity contribution in [1.82, 2.24) is 5.32 Å². The predicted octanol–water partition coefficient (Wildman–Crippen LogP) is 4.29. The zero-order valence-electron chi connectivity index (χ0n) is 10.5. The van der Waals surface area contributed by atoms with Crippen molar-refractivity contribution in [3.63, 3.8) is 0 Å². The second-order valence-corrected chi connectivity index (χ2v) is 5.11. The van der Waals surface area contributed by atoms with Gasteiger partial charge in [-0.05, 0) is 30.5 Å². The summed E-state index contributed by atoms with van der Waals surface area (Å²) in [7, 11) is 0. The molecule has 0 amide bonds. The minimum Gasteiger partial charge on any atom is -0.306 e. The molecule has 1 rings (SSSR count). The molecule has 0 heterocycles. The highest BCUT2D eigenvalue weighted by molar-refractivity contribution is 9.10. The monoisotopic (exact) mass is 293 g/mol. The van der Waals surface area contributed by atoms with Crippen molar-refractivity contribution in [1.29, 1.82) is 0 Å². The fourth-order valence-corrected chi connectivity index (χ4v) is 2.34. The van der Waals surface area contributed by atoms with Crippen LogP contribution in [0.1, 0.15) is 44.7 Å². The molecule has 0 aromatic heterocycles. The average molecular weight is 294 g/mol. The summed E-state index contributed by atoms with van der Waals surface area (Å²) in [4.78, 5) is 0. The number of halogens is 1. The molecule has 0 fully saturated rings. The van der Waals surface area contributed by atoms with Gasteiger partial charge in [-0.2, -0.15) is 0 Å². The number of hydrogen-bond donors (Lipinski definition) is 1. The molecule has 17 heavy (non-hydrogen) atoms. The van der Waals surface area contributed by atoms with Gasteiger partial charge in [-0.1, -0.05) is 41.9 Å². The SMILES string of the molecule is C#CCC(CC)NC(CC)c1cccc(Br)c1. The van der Waals surface area contributed by atoms with Gasteiger partial charge in [0.1, 0.15) is 0 Å². The Labute approximate surface area is 113 Å². The zero-order valence-corrected chi connectivity index (χ0v) is 12.1. The molecule has 0 radical (unpaired) electrons. The van der Waals surface area contributed by atoms with E-state index >= 15 is 0 Å². The number of rotatable bonds is 6. The molecule has 0 aliphatic rings. The van der Waals surface area contributed by atoms with Gasteiger partial charge < -0.3 is 5.32 Å². The molecule has 92 valence electrons. The van der Waals surface area contributed by atoms with E-state index in [0.29, 0.717) is 12.1 Å². The first-order valence-electron chi connectivity index (χ1n) is 6.16. The van der Waals surface area contributed by atoms with Crippen LogP contribution in [0.25, 0.3) is 0 Å².